The van der Waals surface area contributed by atoms with E-state index in [4.69, 9.17) is 16.7 Å². The normalized spacial score (nSPS) is 12.1. The van der Waals surface area contributed by atoms with Gasteiger partial charge in [-0.05, 0) is 55.5 Å². The number of carbonyl (C=O) groups is 1. The molecular formula is C25H19ClFN5O. The number of halogens is 2. The fraction of sp³-hybridized carbons (Fsp3) is 0.0800. The number of hydrogen-bond acceptors (Lipinski definition) is 3. The van der Waals surface area contributed by atoms with Crippen LogP contribution in [0.3, 0.4) is 0 Å². The van der Waals surface area contributed by atoms with E-state index in [1.807, 2.05) is 31.2 Å². The molecule has 6 nitrogen and oxygen atoms in total. The number of nitrogens with zero attached hydrogens (tertiary/aromatic N) is 3. The van der Waals surface area contributed by atoms with Crippen molar-refractivity contribution in [3.8, 4) is 16.9 Å². The van der Waals surface area contributed by atoms with Gasteiger partial charge in [0, 0.05) is 16.5 Å². The van der Waals surface area contributed by atoms with Crippen molar-refractivity contribution in [2.45, 2.75) is 13.0 Å². The molecule has 5 aromatic rings. The van der Waals surface area contributed by atoms with Crippen LogP contribution in [-0.2, 0) is 0 Å². The Morgan fingerprint density at radius 1 is 1.12 bits per heavy atom. The molecule has 0 saturated heterocycles. The quantitative estimate of drug-likeness (QED) is 0.354. The van der Waals surface area contributed by atoms with E-state index >= 15 is 0 Å². The molecule has 1 unspecified atom stereocenters. The Kier molecular flexibility index (Phi) is 5.40. The van der Waals surface area contributed by atoms with E-state index in [0.29, 0.717) is 27.5 Å². The summed E-state index contributed by atoms with van der Waals surface area (Å²) in [6.45, 7) is 1.88. The lowest BCUT2D eigenvalue weighted by Crippen LogP contribution is -2.26. The summed E-state index contributed by atoms with van der Waals surface area (Å²) in [4.78, 5) is 20.0. The zero-order chi connectivity index (χ0) is 22.9. The van der Waals surface area contributed by atoms with Crippen LogP contribution in [-0.4, -0.2) is 25.7 Å². The van der Waals surface area contributed by atoms with Crippen molar-refractivity contribution in [3.63, 3.8) is 0 Å². The summed E-state index contributed by atoms with van der Waals surface area (Å²) >= 11 is 6.45. The van der Waals surface area contributed by atoms with Gasteiger partial charge in [0.25, 0.3) is 5.91 Å². The van der Waals surface area contributed by atoms with Gasteiger partial charge in [-0.1, -0.05) is 29.8 Å². The molecule has 0 radical (unpaired) electrons. The summed E-state index contributed by atoms with van der Waals surface area (Å²) in [5, 5.41) is 9.15. The zero-order valence-corrected chi connectivity index (χ0v) is 18.3. The lowest BCUT2D eigenvalue weighted by atomic mass is 10.1. The number of amides is 1. The molecule has 8 heteroatoms. The number of aromatic amines is 1. The molecule has 2 N–H and O–H groups in total. The van der Waals surface area contributed by atoms with Crippen LogP contribution < -0.4 is 5.32 Å². The molecule has 1 amide bonds. The van der Waals surface area contributed by atoms with E-state index in [-0.39, 0.29) is 17.8 Å². The second-order valence-corrected chi connectivity index (χ2v) is 8.06. The van der Waals surface area contributed by atoms with Crippen molar-refractivity contribution >= 4 is 28.4 Å². The Morgan fingerprint density at radius 2 is 1.91 bits per heavy atom. The predicted molar refractivity (Wildman–Crippen MR) is 126 cm³/mol. The van der Waals surface area contributed by atoms with Crippen LogP contribution in [0.1, 0.15) is 29.0 Å². The van der Waals surface area contributed by atoms with Crippen LogP contribution in [0.15, 0.2) is 79.3 Å². The number of hydrogen-bond donors (Lipinski definition) is 2. The van der Waals surface area contributed by atoms with Crippen molar-refractivity contribution in [3.05, 3.63) is 101 Å². The standard InChI is InChI=1S/C25H19ClFN5O/c1-15(22-13-28-14-29-22)30-25(33)16-6-11-20-23(12-16)32(18-9-7-17(27)8-10-18)31-24(20)19-4-2-3-5-21(19)26/h2-15H,1H3,(H,28,29)(H,30,33). The Labute approximate surface area is 194 Å². The van der Waals surface area contributed by atoms with Crippen molar-refractivity contribution < 1.29 is 9.18 Å². The van der Waals surface area contributed by atoms with Crippen LogP contribution in [0, 0.1) is 5.82 Å². The van der Waals surface area contributed by atoms with Gasteiger partial charge in [-0.15, -0.1) is 0 Å². The van der Waals surface area contributed by atoms with Gasteiger partial charge in [-0.3, -0.25) is 4.79 Å². The average Bonchev–Trinajstić information content (AvgIpc) is 3.48. The van der Waals surface area contributed by atoms with Gasteiger partial charge in [-0.2, -0.15) is 5.10 Å². The second kappa shape index (κ2) is 8.52. The van der Waals surface area contributed by atoms with Crippen molar-refractivity contribution in [2.24, 2.45) is 0 Å². The van der Waals surface area contributed by atoms with Crippen LogP contribution >= 0.6 is 11.6 Å². The molecule has 164 valence electrons. The molecule has 0 aliphatic carbocycles. The molecule has 2 aromatic heterocycles. The van der Waals surface area contributed by atoms with Gasteiger partial charge >= 0.3 is 0 Å². The summed E-state index contributed by atoms with van der Waals surface area (Å²) in [7, 11) is 0. The molecule has 1 atom stereocenters. The molecule has 3 aromatic carbocycles. The minimum atomic E-state index is -0.339. The first kappa shape index (κ1) is 20.9. The van der Waals surface area contributed by atoms with Gasteiger partial charge in [0.1, 0.15) is 11.5 Å². The fourth-order valence-electron chi connectivity index (χ4n) is 3.75. The second-order valence-electron chi connectivity index (χ2n) is 7.65. The molecule has 5 rings (SSSR count). The van der Waals surface area contributed by atoms with Gasteiger partial charge in [-0.25, -0.2) is 14.1 Å². The van der Waals surface area contributed by atoms with Gasteiger partial charge in [0.15, 0.2) is 0 Å². The molecule has 0 aliphatic heterocycles. The molecule has 0 spiro atoms. The predicted octanol–water partition coefficient (Wildman–Crippen LogP) is 5.70. The first-order chi connectivity index (χ1) is 16.0. The van der Waals surface area contributed by atoms with Crippen LogP contribution in [0.5, 0.6) is 0 Å². The Balaban J connectivity index is 1.62. The van der Waals surface area contributed by atoms with E-state index in [0.717, 1.165) is 16.6 Å². The summed E-state index contributed by atoms with van der Waals surface area (Å²) in [6.07, 6.45) is 3.25. The molecule has 0 bridgehead atoms. The minimum absolute atomic E-state index is 0.231. The summed E-state index contributed by atoms with van der Waals surface area (Å²) in [5.74, 6) is -0.570. The van der Waals surface area contributed by atoms with Crippen molar-refractivity contribution in [1.82, 2.24) is 25.1 Å². The number of fused-ring (bicyclic) bond motifs is 1. The van der Waals surface area contributed by atoms with E-state index in [1.165, 1.54) is 12.1 Å². The largest absolute Gasteiger partial charge is 0.347 e. The zero-order valence-electron chi connectivity index (χ0n) is 17.6. The first-order valence-corrected chi connectivity index (χ1v) is 10.7. The highest BCUT2D eigenvalue weighted by molar-refractivity contribution is 6.33. The fourth-order valence-corrected chi connectivity index (χ4v) is 3.97. The Hall–Kier alpha value is -3.97. The smallest absolute Gasteiger partial charge is 0.251 e. The highest BCUT2D eigenvalue weighted by Gasteiger charge is 2.19. The highest BCUT2D eigenvalue weighted by atomic mass is 35.5. The molecule has 0 saturated carbocycles. The maximum Gasteiger partial charge on any atom is 0.251 e. The average molecular weight is 460 g/mol. The van der Waals surface area contributed by atoms with E-state index < -0.39 is 0 Å². The Bertz CT molecular complexity index is 1440. The molecule has 0 aliphatic rings. The van der Waals surface area contributed by atoms with Gasteiger partial charge in [0.05, 0.1) is 40.5 Å². The summed E-state index contributed by atoms with van der Waals surface area (Å²) in [5.41, 5.74) is 4.11. The van der Waals surface area contributed by atoms with Crippen molar-refractivity contribution in [1.29, 1.82) is 0 Å². The van der Waals surface area contributed by atoms with Crippen LogP contribution in [0.4, 0.5) is 4.39 Å². The third-order valence-corrected chi connectivity index (χ3v) is 5.81. The molecule has 2 heterocycles. The monoisotopic (exact) mass is 459 g/mol. The Morgan fingerprint density at radius 3 is 2.64 bits per heavy atom. The van der Waals surface area contributed by atoms with Crippen LogP contribution in [0.2, 0.25) is 5.02 Å². The molecular weight excluding hydrogens is 441 g/mol. The van der Waals surface area contributed by atoms with Crippen LogP contribution in [0.25, 0.3) is 27.8 Å². The third-order valence-electron chi connectivity index (χ3n) is 5.48. The minimum Gasteiger partial charge on any atom is -0.347 e. The highest BCUT2D eigenvalue weighted by Crippen LogP contribution is 2.34. The number of rotatable bonds is 5. The number of H-pyrrole nitrogens is 1. The molecule has 0 fully saturated rings. The van der Waals surface area contributed by atoms with E-state index in [1.54, 1.807) is 47.5 Å². The number of benzene rings is 3. The maximum absolute atomic E-state index is 13.5. The number of carbonyl (C=O) groups excluding carboxylic acids is 1. The lowest BCUT2D eigenvalue weighted by Gasteiger charge is -2.12. The van der Waals surface area contributed by atoms with Crippen molar-refractivity contribution in [2.75, 3.05) is 0 Å². The molecule has 33 heavy (non-hydrogen) atoms. The lowest BCUT2D eigenvalue weighted by molar-refractivity contribution is 0.0939. The van der Waals surface area contributed by atoms with E-state index in [2.05, 4.69) is 15.3 Å². The topological polar surface area (TPSA) is 75.6 Å². The SMILES string of the molecule is CC(NC(=O)c1ccc2c(-c3ccccc3Cl)nn(-c3ccc(F)cc3)c2c1)c1cnc[nH]1. The summed E-state index contributed by atoms with van der Waals surface area (Å²) < 4.78 is 15.2. The number of nitrogens with one attached hydrogen (secondary N) is 2. The first-order valence-electron chi connectivity index (χ1n) is 10.3. The number of aromatic nitrogens is 4. The number of imidazole rings is 1. The third kappa shape index (κ3) is 3.99. The van der Waals surface area contributed by atoms with E-state index in [9.17, 15) is 9.18 Å². The summed E-state index contributed by atoms with van der Waals surface area (Å²) in [6, 6.07) is 18.6. The van der Waals surface area contributed by atoms with Gasteiger partial charge < -0.3 is 10.3 Å². The maximum atomic E-state index is 13.5. The van der Waals surface area contributed by atoms with Gasteiger partial charge in [0.2, 0.25) is 0 Å².